The van der Waals surface area contributed by atoms with E-state index in [-0.39, 0.29) is 22.1 Å². The minimum atomic E-state index is -0.751. The van der Waals surface area contributed by atoms with Crippen molar-refractivity contribution in [2.75, 3.05) is 11.5 Å². The van der Waals surface area contributed by atoms with Crippen LogP contribution >= 0.6 is 11.6 Å². The van der Waals surface area contributed by atoms with Gasteiger partial charge in [0, 0.05) is 0 Å². The fraction of sp³-hybridized carbons (Fsp3) is 0.143. The van der Waals surface area contributed by atoms with E-state index in [0.717, 1.165) is 12.0 Å². The molecule has 0 bridgehead atoms. The van der Waals surface area contributed by atoms with Crippen LogP contribution in [0.1, 0.15) is 12.5 Å². The number of aryl methyl sites for hydroxylation is 1. The Kier molecular flexibility index (Phi) is 3.81. The molecule has 0 amide bonds. The molecule has 0 aromatic heterocycles. The van der Waals surface area contributed by atoms with Crippen LogP contribution in [0.25, 0.3) is 0 Å². The summed E-state index contributed by atoms with van der Waals surface area (Å²) in [4.78, 5) is 0. The molecule has 3 nitrogen and oxygen atoms in total. The highest BCUT2D eigenvalue weighted by Gasteiger charge is 2.16. The fourth-order valence-corrected chi connectivity index (χ4v) is 1.80. The lowest BCUT2D eigenvalue weighted by molar-refractivity contribution is 0.445. The zero-order valence-electron chi connectivity index (χ0n) is 10.4. The van der Waals surface area contributed by atoms with Gasteiger partial charge in [0.1, 0.15) is 10.8 Å². The van der Waals surface area contributed by atoms with Gasteiger partial charge in [0.25, 0.3) is 0 Å². The molecule has 0 heterocycles. The molecule has 5 heteroatoms. The molecule has 2 aromatic carbocycles. The number of benzene rings is 2. The number of halogens is 2. The van der Waals surface area contributed by atoms with E-state index in [4.69, 9.17) is 27.8 Å². The summed E-state index contributed by atoms with van der Waals surface area (Å²) < 4.78 is 19.4. The van der Waals surface area contributed by atoms with Crippen molar-refractivity contribution >= 4 is 23.0 Å². The Bertz CT molecular complexity index is 599. The second kappa shape index (κ2) is 5.36. The van der Waals surface area contributed by atoms with Crippen molar-refractivity contribution in [1.82, 2.24) is 0 Å². The average Bonchev–Trinajstić information content (AvgIpc) is 2.42. The van der Waals surface area contributed by atoms with E-state index in [9.17, 15) is 4.39 Å². The number of hydrogen-bond donors (Lipinski definition) is 2. The number of ether oxygens (including phenoxy) is 1. The first-order valence-electron chi connectivity index (χ1n) is 5.82. The van der Waals surface area contributed by atoms with Crippen LogP contribution in [0.5, 0.6) is 11.5 Å². The number of anilines is 2. The van der Waals surface area contributed by atoms with E-state index >= 15 is 0 Å². The molecule has 0 aliphatic carbocycles. The second-order valence-electron chi connectivity index (χ2n) is 4.11. The Morgan fingerprint density at radius 3 is 2.37 bits per heavy atom. The summed E-state index contributed by atoms with van der Waals surface area (Å²) in [5, 5.41) is -0.186. The number of nitrogens with two attached hydrogens (primary N) is 2. The van der Waals surface area contributed by atoms with Gasteiger partial charge in [-0.05, 0) is 30.2 Å². The van der Waals surface area contributed by atoms with Crippen LogP contribution in [-0.2, 0) is 6.42 Å². The van der Waals surface area contributed by atoms with E-state index in [0.29, 0.717) is 5.75 Å². The Balaban J connectivity index is 2.35. The maximum atomic E-state index is 13.9. The number of rotatable bonds is 3. The zero-order chi connectivity index (χ0) is 14.0. The highest BCUT2D eigenvalue weighted by molar-refractivity contribution is 6.33. The second-order valence-corrected chi connectivity index (χ2v) is 4.49. The summed E-state index contributed by atoms with van der Waals surface area (Å²) in [7, 11) is 0. The monoisotopic (exact) mass is 280 g/mol. The summed E-state index contributed by atoms with van der Waals surface area (Å²) in [5.41, 5.74) is 12.6. The van der Waals surface area contributed by atoms with Crippen molar-refractivity contribution in [2.45, 2.75) is 13.3 Å². The number of nitrogen functional groups attached to an aromatic ring is 2. The quantitative estimate of drug-likeness (QED) is 0.836. The normalized spacial score (nSPS) is 10.5. The summed E-state index contributed by atoms with van der Waals surface area (Å²) >= 11 is 5.73. The third kappa shape index (κ3) is 2.74. The summed E-state index contributed by atoms with van der Waals surface area (Å²) in [6, 6.07) is 8.69. The molecule has 0 spiro atoms. The zero-order valence-corrected chi connectivity index (χ0v) is 11.2. The third-order valence-corrected chi connectivity index (χ3v) is 3.15. The molecule has 0 fully saturated rings. The number of hydrogen-bond acceptors (Lipinski definition) is 3. The maximum absolute atomic E-state index is 13.9. The largest absolute Gasteiger partial charge is 0.452 e. The van der Waals surface area contributed by atoms with Gasteiger partial charge in [0.2, 0.25) is 0 Å². The minimum Gasteiger partial charge on any atom is -0.452 e. The molecule has 0 aliphatic heterocycles. The standard InChI is InChI=1S/C14H14ClFN2O/c1-2-8-3-5-9(6-4-8)19-14-11(18)7-10(17)12(15)13(14)16/h3-7H,2,17-18H2,1H3. The molecule has 0 aliphatic rings. The van der Waals surface area contributed by atoms with Crippen LogP contribution in [-0.4, -0.2) is 0 Å². The fourth-order valence-electron chi connectivity index (χ4n) is 1.66. The molecule has 2 rings (SSSR count). The van der Waals surface area contributed by atoms with Gasteiger partial charge in [-0.3, -0.25) is 0 Å². The summed E-state index contributed by atoms with van der Waals surface area (Å²) in [6.07, 6.45) is 0.921. The van der Waals surface area contributed by atoms with Crippen molar-refractivity contribution in [3.63, 3.8) is 0 Å². The predicted molar refractivity (Wildman–Crippen MR) is 76.1 cm³/mol. The van der Waals surface area contributed by atoms with Crippen LogP contribution < -0.4 is 16.2 Å². The van der Waals surface area contributed by atoms with Crippen LogP contribution in [0, 0.1) is 5.82 Å². The Labute approximate surface area is 115 Å². The molecule has 19 heavy (non-hydrogen) atoms. The SMILES string of the molecule is CCc1ccc(Oc2c(N)cc(N)c(Cl)c2F)cc1. The van der Waals surface area contributed by atoms with E-state index < -0.39 is 5.82 Å². The van der Waals surface area contributed by atoms with E-state index in [1.165, 1.54) is 6.07 Å². The lowest BCUT2D eigenvalue weighted by Gasteiger charge is -2.12. The lowest BCUT2D eigenvalue weighted by Crippen LogP contribution is -1.99. The van der Waals surface area contributed by atoms with Gasteiger partial charge in [0.15, 0.2) is 11.6 Å². The molecule has 0 saturated carbocycles. The molecular formula is C14H14ClFN2O. The molecule has 0 atom stereocenters. The first-order valence-corrected chi connectivity index (χ1v) is 6.20. The minimum absolute atomic E-state index is 0.0883. The van der Waals surface area contributed by atoms with Crippen molar-refractivity contribution in [3.05, 3.63) is 46.7 Å². The van der Waals surface area contributed by atoms with E-state index in [2.05, 4.69) is 0 Å². The van der Waals surface area contributed by atoms with Crippen molar-refractivity contribution in [1.29, 1.82) is 0 Å². The Hall–Kier alpha value is -1.94. The Morgan fingerprint density at radius 1 is 1.16 bits per heavy atom. The topological polar surface area (TPSA) is 61.3 Å². The molecule has 2 aromatic rings. The third-order valence-electron chi connectivity index (χ3n) is 2.77. The van der Waals surface area contributed by atoms with Gasteiger partial charge < -0.3 is 16.2 Å². The van der Waals surface area contributed by atoms with Crippen LogP contribution in [0.2, 0.25) is 5.02 Å². The Morgan fingerprint density at radius 2 is 1.79 bits per heavy atom. The van der Waals surface area contributed by atoms with Crippen molar-refractivity contribution in [3.8, 4) is 11.5 Å². The maximum Gasteiger partial charge on any atom is 0.188 e. The highest BCUT2D eigenvalue weighted by atomic mass is 35.5. The highest BCUT2D eigenvalue weighted by Crippen LogP contribution is 2.37. The smallest absolute Gasteiger partial charge is 0.188 e. The predicted octanol–water partition coefficient (Wildman–Crippen LogP) is 4.00. The van der Waals surface area contributed by atoms with E-state index in [1.54, 1.807) is 12.1 Å². The van der Waals surface area contributed by atoms with Gasteiger partial charge in [-0.15, -0.1) is 0 Å². The first-order chi connectivity index (χ1) is 9.02. The molecular weight excluding hydrogens is 267 g/mol. The molecule has 0 saturated heterocycles. The van der Waals surface area contributed by atoms with Crippen LogP contribution in [0.15, 0.2) is 30.3 Å². The lowest BCUT2D eigenvalue weighted by atomic mass is 10.2. The molecule has 4 N–H and O–H groups in total. The van der Waals surface area contributed by atoms with Crippen molar-refractivity contribution in [2.24, 2.45) is 0 Å². The summed E-state index contributed by atoms with van der Waals surface area (Å²) in [5.74, 6) is -0.370. The van der Waals surface area contributed by atoms with Gasteiger partial charge in [0.05, 0.1) is 11.4 Å². The average molecular weight is 281 g/mol. The van der Waals surface area contributed by atoms with E-state index in [1.807, 2.05) is 19.1 Å². The molecule has 0 radical (unpaired) electrons. The van der Waals surface area contributed by atoms with Crippen LogP contribution in [0.3, 0.4) is 0 Å². The van der Waals surface area contributed by atoms with Crippen molar-refractivity contribution < 1.29 is 9.13 Å². The van der Waals surface area contributed by atoms with Gasteiger partial charge in [-0.1, -0.05) is 30.7 Å². The van der Waals surface area contributed by atoms with Gasteiger partial charge in [-0.2, -0.15) is 0 Å². The van der Waals surface area contributed by atoms with Crippen LogP contribution in [0.4, 0.5) is 15.8 Å². The van der Waals surface area contributed by atoms with Gasteiger partial charge >= 0.3 is 0 Å². The summed E-state index contributed by atoms with van der Waals surface area (Å²) in [6.45, 7) is 2.05. The first kappa shape index (κ1) is 13.5. The van der Waals surface area contributed by atoms with Gasteiger partial charge in [-0.25, -0.2) is 4.39 Å². The molecule has 100 valence electrons. The molecule has 0 unspecified atom stereocenters.